The first-order chi connectivity index (χ1) is 16.7. The maximum absolute atomic E-state index is 12.7. The number of hydrogen-bond acceptors (Lipinski definition) is 5. The number of benzene rings is 3. The molecule has 0 atom stereocenters. The summed E-state index contributed by atoms with van der Waals surface area (Å²) in [6, 6.07) is 26.9. The molecule has 2 heterocycles. The third-order valence-corrected chi connectivity index (χ3v) is 7.09. The minimum absolute atomic E-state index is 0.115. The number of nitrogens with zero attached hydrogens (tertiary/aromatic N) is 3. The molecule has 0 spiro atoms. The summed E-state index contributed by atoms with van der Waals surface area (Å²) < 4.78 is 0. The highest BCUT2D eigenvalue weighted by atomic mass is 32.1. The van der Waals surface area contributed by atoms with E-state index in [0.717, 1.165) is 60.2 Å². The van der Waals surface area contributed by atoms with Crippen LogP contribution < -0.4 is 10.2 Å². The van der Waals surface area contributed by atoms with E-state index in [0.29, 0.717) is 0 Å². The van der Waals surface area contributed by atoms with Gasteiger partial charge < -0.3 is 15.1 Å². The van der Waals surface area contributed by atoms with Crippen LogP contribution in [0, 0.1) is 0 Å². The summed E-state index contributed by atoms with van der Waals surface area (Å²) in [5, 5.41) is 6.37. The Bertz CT molecular complexity index is 1230. The van der Waals surface area contributed by atoms with Gasteiger partial charge >= 0.3 is 0 Å². The molecular weight excluding hydrogens is 440 g/mol. The molecule has 34 heavy (non-hydrogen) atoms. The quantitative estimate of drug-likeness (QED) is 0.425. The highest BCUT2D eigenvalue weighted by Crippen LogP contribution is 2.29. The van der Waals surface area contributed by atoms with Crippen LogP contribution in [-0.4, -0.2) is 49.0 Å². The average Bonchev–Trinajstić information content (AvgIpc) is 3.41. The van der Waals surface area contributed by atoms with E-state index in [1.165, 1.54) is 11.1 Å². The van der Waals surface area contributed by atoms with E-state index in [1.807, 2.05) is 35.2 Å². The van der Waals surface area contributed by atoms with Crippen LogP contribution in [-0.2, 0) is 6.54 Å². The molecule has 0 saturated carbocycles. The second-order valence-corrected chi connectivity index (χ2v) is 9.39. The molecule has 6 heteroatoms. The van der Waals surface area contributed by atoms with Crippen molar-refractivity contribution in [3.05, 3.63) is 95.4 Å². The van der Waals surface area contributed by atoms with Crippen molar-refractivity contribution in [3.8, 4) is 22.4 Å². The Morgan fingerprint density at radius 3 is 2.26 bits per heavy atom. The maximum atomic E-state index is 12.7. The molecule has 0 aliphatic carbocycles. The first kappa shape index (κ1) is 22.3. The molecule has 0 radical (unpaired) electrons. The molecule has 0 unspecified atom stereocenters. The van der Waals surface area contributed by atoms with Crippen LogP contribution >= 0.6 is 11.3 Å². The van der Waals surface area contributed by atoms with Gasteiger partial charge in [-0.1, -0.05) is 66.7 Å². The van der Waals surface area contributed by atoms with Gasteiger partial charge in [-0.25, -0.2) is 4.98 Å². The first-order valence-electron chi connectivity index (χ1n) is 11.6. The second kappa shape index (κ2) is 10.2. The molecule has 4 aromatic rings. The fraction of sp³-hybridized carbons (Fsp3) is 0.214. The van der Waals surface area contributed by atoms with Gasteiger partial charge in [-0.3, -0.25) is 4.79 Å². The molecule has 1 amide bonds. The zero-order chi connectivity index (χ0) is 23.3. The molecule has 172 valence electrons. The van der Waals surface area contributed by atoms with Gasteiger partial charge in [-0.05, 0) is 28.8 Å². The summed E-state index contributed by atoms with van der Waals surface area (Å²) >= 11 is 1.65. The molecule has 1 fully saturated rings. The number of piperazine rings is 1. The number of carbonyl (C=O) groups is 1. The summed E-state index contributed by atoms with van der Waals surface area (Å²) in [6.45, 7) is 4.00. The number of anilines is 1. The number of rotatable bonds is 6. The Hall–Kier alpha value is -3.48. The number of carbonyl (C=O) groups excluding carboxylic acids is 1. The van der Waals surface area contributed by atoms with Crippen molar-refractivity contribution in [1.82, 2.24) is 15.2 Å². The number of thiazole rings is 1. The zero-order valence-corrected chi connectivity index (χ0v) is 20.1. The Balaban J connectivity index is 1.22. The molecule has 5 nitrogen and oxygen atoms in total. The SMILES string of the molecule is CN(Cc1ccc(C(=O)N2CCNCC2)cc1)c1nc(-c2ccc(-c3ccccc3)cc2)cs1. The Morgan fingerprint density at radius 2 is 1.56 bits per heavy atom. The molecule has 0 bridgehead atoms. The summed E-state index contributed by atoms with van der Waals surface area (Å²) in [5.74, 6) is 0.115. The Kier molecular flexibility index (Phi) is 6.70. The highest BCUT2D eigenvalue weighted by Gasteiger charge is 2.18. The molecule has 1 aliphatic rings. The predicted molar refractivity (Wildman–Crippen MR) is 140 cm³/mol. The van der Waals surface area contributed by atoms with E-state index in [2.05, 4.69) is 71.2 Å². The van der Waals surface area contributed by atoms with Crippen LogP contribution in [0.1, 0.15) is 15.9 Å². The lowest BCUT2D eigenvalue weighted by Crippen LogP contribution is -2.46. The third-order valence-electron chi connectivity index (χ3n) is 6.13. The number of amides is 1. The van der Waals surface area contributed by atoms with Gasteiger partial charge in [0, 0.05) is 56.3 Å². The molecule has 1 saturated heterocycles. The van der Waals surface area contributed by atoms with Crippen molar-refractivity contribution in [2.45, 2.75) is 6.54 Å². The topological polar surface area (TPSA) is 48.5 Å². The number of hydrogen-bond donors (Lipinski definition) is 1. The van der Waals surface area contributed by atoms with Gasteiger partial charge in [-0.2, -0.15) is 0 Å². The predicted octanol–water partition coefficient (Wildman–Crippen LogP) is 5.16. The highest BCUT2D eigenvalue weighted by molar-refractivity contribution is 7.14. The van der Waals surface area contributed by atoms with Crippen molar-refractivity contribution in [1.29, 1.82) is 0 Å². The fourth-order valence-corrected chi connectivity index (χ4v) is 4.98. The van der Waals surface area contributed by atoms with E-state index >= 15 is 0 Å². The maximum Gasteiger partial charge on any atom is 0.253 e. The minimum Gasteiger partial charge on any atom is -0.347 e. The van der Waals surface area contributed by atoms with Gasteiger partial charge in [-0.15, -0.1) is 11.3 Å². The van der Waals surface area contributed by atoms with Crippen LogP contribution in [0.2, 0.25) is 0 Å². The lowest BCUT2D eigenvalue weighted by atomic mass is 10.0. The fourth-order valence-electron chi connectivity index (χ4n) is 4.18. The van der Waals surface area contributed by atoms with Crippen LogP contribution in [0.15, 0.2) is 84.2 Å². The zero-order valence-electron chi connectivity index (χ0n) is 19.3. The van der Waals surface area contributed by atoms with Gasteiger partial charge in [0.25, 0.3) is 5.91 Å². The van der Waals surface area contributed by atoms with E-state index in [1.54, 1.807) is 11.3 Å². The van der Waals surface area contributed by atoms with Crippen LogP contribution in [0.5, 0.6) is 0 Å². The average molecular weight is 469 g/mol. The van der Waals surface area contributed by atoms with Gasteiger partial charge in [0.15, 0.2) is 5.13 Å². The standard InChI is InChI=1S/C28H28N4OS/c1-31(19-21-7-9-25(10-8-21)27(33)32-17-15-29-16-18-32)28-30-26(20-34-28)24-13-11-23(12-14-24)22-5-3-2-4-6-22/h2-14,20,29H,15-19H2,1H3. The molecule has 3 aromatic carbocycles. The van der Waals surface area contributed by atoms with E-state index in [9.17, 15) is 4.79 Å². The van der Waals surface area contributed by atoms with Crippen molar-refractivity contribution in [2.24, 2.45) is 0 Å². The minimum atomic E-state index is 0.115. The van der Waals surface area contributed by atoms with Crippen molar-refractivity contribution in [3.63, 3.8) is 0 Å². The van der Waals surface area contributed by atoms with Crippen LogP contribution in [0.3, 0.4) is 0 Å². The Labute approximate surface area is 204 Å². The van der Waals surface area contributed by atoms with Gasteiger partial charge in [0.2, 0.25) is 0 Å². The van der Waals surface area contributed by atoms with Crippen molar-refractivity contribution in [2.75, 3.05) is 38.1 Å². The van der Waals surface area contributed by atoms with Crippen LogP contribution in [0.25, 0.3) is 22.4 Å². The third kappa shape index (κ3) is 5.03. The lowest BCUT2D eigenvalue weighted by Gasteiger charge is -2.27. The van der Waals surface area contributed by atoms with E-state index in [-0.39, 0.29) is 5.91 Å². The summed E-state index contributed by atoms with van der Waals surface area (Å²) in [4.78, 5) is 21.6. The van der Waals surface area contributed by atoms with Crippen molar-refractivity contribution >= 4 is 22.4 Å². The monoisotopic (exact) mass is 468 g/mol. The summed E-state index contributed by atoms with van der Waals surface area (Å²) in [5.41, 5.74) is 6.44. The van der Waals surface area contributed by atoms with Gasteiger partial charge in [0.05, 0.1) is 5.69 Å². The molecule has 5 rings (SSSR count). The number of aromatic nitrogens is 1. The van der Waals surface area contributed by atoms with E-state index in [4.69, 9.17) is 4.98 Å². The Morgan fingerprint density at radius 1 is 0.912 bits per heavy atom. The molecule has 1 aromatic heterocycles. The second-order valence-electron chi connectivity index (χ2n) is 8.55. The smallest absolute Gasteiger partial charge is 0.253 e. The summed E-state index contributed by atoms with van der Waals surface area (Å²) in [6.07, 6.45) is 0. The van der Waals surface area contributed by atoms with Gasteiger partial charge in [0.1, 0.15) is 0 Å². The van der Waals surface area contributed by atoms with Crippen molar-refractivity contribution < 1.29 is 4.79 Å². The summed E-state index contributed by atoms with van der Waals surface area (Å²) in [7, 11) is 2.06. The normalized spacial score (nSPS) is 13.6. The van der Waals surface area contributed by atoms with E-state index < -0.39 is 0 Å². The molecular formula is C28H28N4OS. The molecule has 1 N–H and O–H groups in total. The largest absolute Gasteiger partial charge is 0.347 e. The first-order valence-corrected chi connectivity index (χ1v) is 12.5. The number of nitrogens with one attached hydrogen (secondary N) is 1. The molecule has 1 aliphatic heterocycles. The lowest BCUT2D eigenvalue weighted by molar-refractivity contribution is 0.0736. The van der Waals surface area contributed by atoms with Crippen LogP contribution in [0.4, 0.5) is 5.13 Å².